The Labute approximate surface area is 118 Å². The van der Waals surface area contributed by atoms with Crippen molar-refractivity contribution in [2.45, 2.75) is 0 Å². The largest absolute Gasteiger partial charge is 0.263 e. The number of pyridine rings is 1. The fourth-order valence-corrected chi connectivity index (χ4v) is 2.32. The first kappa shape index (κ1) is 12.4. The highest BCUT2D eigenvalue weighted by molar-refractivity contribution is 5.99. The molecule has 1 nitrogen and oxygen atoms in total. The lowest BCUT2D eigenvalue weighted by atomic mass is 9.99. The lowest BCUT2D eigenvalue weighted by Crippen LogP contribution is -1.86. The molecule has 0 fully saturated rings. The van der Waals surface area contributed by atoms with E-state index in [1.165, 1.54) is 5.39 Å². The molecule has 0 unspecified atom stereocenters. The molecule has 1 heteroatoms. The fraction of sp³-hybridized carbons (Fsp3) is 0. The van der Waals surface area contributed by atoms with Gasteiger partial charge in [0.05, 0.1) is 0 Å². The Morgan fingerprint density at radius 1 is 0.900 bits per heavy atom. The van der Waals surface area contributed by atoms with Gasteiger partial charge in [0, 0.05) is 23.3 Å². The summed E-state index contributed by atoms with van der Waals surface area (Å²) in [6.45, 7) is 3.94. The van der Waals surface area contributed by atoms with Crippen LogP contribution in [-0.4, -0.2) is 4.98 Å². The summed E-state index contributed by atoms with van der Waals surface area (Å²) in [4.78, 5) is 4.33. The molecule has 3 rings (SSSR count). The van der Waals surface area contributed by atoms with E-state index in [-0.39, 0.29) is 0 Å². The van der Waals surface area contributed by atoms with Crippen LogP contribution in [0.1, 0.15) is 11.1 Å². The lowest BCUT2D eigenvalue weighted by molar-refractivity contribution is 1.35. The highest BCUT2D eigenvalue weighted by Gasteiger charge is 2.04. The molecule has 3 aromatic rings. The first-order valence-corrected chi connectivity index (χ1v) is 6.61. The molecule has 0 amide bonds. The second-order valence-electron chi connectivity index (χ2n) is 4.62. The number of rotatable bonds is 3. The summed E-state index contributed by atoms with van der Waals surface area (Å²) in [5.41, 5.74) is 3.36. The van der Waals surface area contributed by atoms with Crippen molar-refractivity contribution in [1.29, 1.82) is 0 Å². The van der Waals surface area contributed by atoms with Crippen LogP contribution >= 0.6 is 0 Å². The first-order valence-electron chi connectivity index (χ1n) is 6.61. The van der Waals surface area contributed by atoms with Gasteiger partial charge in [0.1, 0.15) is 0 Å². The summed E-state index contributed by atoms with van der Waals surface area (Å²) in [6.07, 6.45) is 7.81. The average Bonchev–Trinajstić information content (AvgIpc) is 2.53. The van der Waals surface area contributed by atoms with Gasteiger partial charge < -0.3 is 0 Å². The van der Waals surface area contributed by atoms with E-state index in [9.17, 15) is 0 Å². The highest BCUT2D eigenvalue weighted by Crippen LogP contribution is 2.26. The SMILES string of the molecule is C=CC(=Cc1ccccc1)c1cncc2ccccc12. The van der Waals surface area contributed by atoms with E-state index in [1.54, 1.807) is 0 Å². The zero-order valence-electron chi connectivity index (χ0n) is 11.2. The van der Waals surface area contributed by atoms with Crippen LogP contribution < -0.4 is 0 Å². The predicted molar refractivity (Wildman–Crippen MR) is 86.3 cm³/mol. The van der Waals surface area contributed by atoms with E-state index >= 15 is 0 Å². The van der Waals surface area contributed by atoms with Crippen LogP contribution in [0.3, 0.4) is 0 Å². The summed E-state index contributed by atoms with van der Waals surface area (Å²) < 4.78 is 0. The Bertz CT molecular complexity index is 765. The summed E-state index contributed by atoms with van der Waals surface area (Å²) in [5.74, 6) is 0. The van der Waals surface area contributed by atoms with Crippen LogP contribution in [0.5, 0.6) is 0 Å². The number of hydrogen-bond donors (Lipinski definition) is 0. The Hall–Kier alpha value is -2.67. The molecule has 0 atom stereocenters. The molecule has 0 saturated heterocycles. The number of allylic oxidation sites excluding steroid dienone is 2. The maximum absolute atomic E-state index is 4.33. The monoisotopic (exact) mass is 257 g/mol. The number of nitrogens with zero attached hydrogens (tertiary/aromatic N) is 1. The molecule has 0 aliphatic rings. The van der Waals surface area contributed by atoms with Gasteiger partial charge in [0.25, 0.3) is 0 Å². The van der Waals surface area contributed by atoms with E-state index < -0.39 is 0 Å². The van der Waals surface area contributed by atoms with Crippen LogP contribution in [0.25, 0.3) is 22.4 Å². The van der Waals surface area contributed by atoms with E-state index in [2.05, 4.69) is 48.0 Å². The average molecular weight is 257 g/mol. The van der Waals surface area contributed by atoms with Gasteiger partial charge in [-0.15, -0.1) is 0 Å². The van der Waals surface area contributed by atoms with E-state index in [4.69, 9.17) is 0 Å². The Balaban J connectivity index is 2.18. The van der Waals surface area contributed by atoms with E-state index in [1.807, 2.05) is 42.7 Å². The highest BCUT2D eigenvalue weighted by atomic mass is 14.6. The van der Waals surface area contributed by atoms with Gasteiger partial charge in [0.2, 0.25) is 0 Å². The smallest absolute Gasteiger partial charge is 0.0352 e. The Kier molecular flexibility index (Phi) is 3.42. The quantitative estimate of drug-likeness (QED) is 0.604. The lowest BCUT2D eigenvalue weighted by Gasteiger charge is -2.07. The van der Waals surface area contributed by atoms with Gasteiger partial charge in [-0.25, -0.2) is 0 Å². The number of fused-ring (bicyclic) bond motifs is 1. The molecular weight excluding hydrogens is 242 g/mol. The van der Waals surface area contributed by atoms with Gasteiger partial charge in [-0.05, 0) is 22.6 Å². The summed E-state index contributed by atoms with van der Waals surface area (Å²) in [6, 6.07) is 18.5. The van der Waals surface area contributed by atoms with Crippen molar-refractivity contribution in [1.82, 2.24) is 4.98 Å². The zero-order valence-corrected chi connectivity index (χ0v) is 11.2. The molecule has 0 aliphatic carbocycles. The predicted octanol–water partition coefficient (Wildman–Crippen LogP) is 4.96. The van der Waals surface area contributed by atoms with Crippen molar-refractivity contribution in [3.63, 3.8) is 0 Å². The van der Waals surface area contributed by atoms with Crippen molar-refractivity contribution in [2.24, 2.45) is 0 Å². The molecule has 0 spiro atoms. The number of aromatic nitrogens is 1. The van der Waals surface area contributed by atoms with Gasteiger partial charge in [-0.3, -0.25) is 4.98 Å². The third kappa shape index (κ3) is 2.39. The van der Waals surface area contributed by atoms with Crippen LogP contribution in [0.4, 0.5) is 0 Å². The summed E-state index contributed by atoms with van der Waals surface area (Å²) >= 11 is 0. The molecule has 0 bridgehead atoms. The molecule has 1 aromatic heterocycles. The van der Waals surface area contributed by atoms with Crippen molar-refractivity contribution in [2.75, 3.05) is 0 Å². The second kappa shape index (κ2) is 5.54. The standard InChI is InChI=1S/C19H15N/c1-2-16(12-15-8-4-3-5-9-15)19-14-20-13-17-10-6-7-11-18(17)19/h2-14H,1H2. The molecule has 0 radical (unpaired) electrons. The minimum absolute atomic E-state index is 1.08. The van der Waals surface area contributed by atoms with Crippen LogP contribution in [-0.2, 0) is 0 Å². The minimum Gasteiger partial charge on any atom is -0.263 e. The maximum atomic E-state index is 4.33. The van der Waals surface area contributed by atoms with Crippen LogP contribution in [0, 0.1) is 0 Å². The van der Waals surface area contributed by atoms with Crippen molar-refractivity contribution < 1.29 is 0 Å². The van der Waals surface area contributed by atoms with Gasteiger partial charge in [-0.2, -0.15) is 0 Å². The summed E-state index contributed by atoms with van der Waals surface area (Å²) in [5, 5.41) is 2.34. The van der Waals surface area contributed by atoms with Crippen molar-refractivity contribution >= 4 is 22.4 Å². The fourth-order valence-electron chi connectivity index (χ4n) is 2.32. The number of hydrogen-bond acceptors (Lipinski definition) is 1. The molecular formula is C19H15N. The minimum atomic E-state index is 1.08. The Morgan fingerprint density at radius 3 is 2.45 bits per heavy atom. The van der Waals surface area contributed by atoms with E-state index in [0.29, 0.717) is 0 Å². The van der Waals surface area contributed by atoms with Gasteiger partial charge >= 0.3 is 0 Å². The zero-order chi connectivity index (χ0) is 13.8. The molecule has 0 aliphatic heterocycles. The third-order valence-electron chi connectivity index (χ3n) is 3.32. The molecule has 2 aromatic carbocycles. The molecule has 0 saturated carbocycles. The Morgan fingerprint density at radius 2 is 1.65 bits per heavy atom. The number of benzene rings is 2. The second-order valence-corrected chi connectivity index (χ2v) is 4.62. The van der Waals surface area contributed by atoms with Crippen LogP contribution in [0.2, 0.25) is 0 Å². The topological polar surface area (TPSA) is 12.9 Å². The molecule has 96 valence electrons. The first-order chi connectivity index (χ1) is 9.88. The third-order valence-corrected chi connectivity index (χ3v) is 3.32. The molecule has 1 heterocycles. The van der Waals surface area contributed by atoms with Gasteiger partial charge in [0.15, 0.2) is 0 Å². The van der Waals surface area contributed by atoms with Crippen molar-refractivity contribution in [3.05, 3.63) is 90.8 Å². The maximum Gasteiger partial charge on any atom is 0.0352 e. The summed E-state index contributed by atoms with van der Waals surface area (Å²) in [7, 11) is 0. The van der Waals surface area contributed by atoms with Crippen LogP contribution in [0.15, 0.2) is 79.6 Å². The van der Waals surface area contributed by atoms with E-state index in [0.717, 1.165) is 22.1 Å². The molecule has 0 N–H and O–H groups in total. The van der Waals surface area contributed by atoms with Gasteiger partial charge in [-0.1, -0.05) is 67.3 Å². The molecule has 20 heavy (non-hydrogen) atoms. The normalized spacial score (nSPS) is 11.5. The van der Waals surface area contributed by atoms with Crippen molar-refractivity contribution in [3.8, 4) is 0 Å².